The second-order valence-corrected chi connectivity index (χ2v) is 3.34. The van der Waals surface area contributed by atoms with Crippen LogP contribution in [0.3, 0.4) is 0 Å². The molecular formula is C12H18O2. The van der Waals surface area contributed by atoms with Crippen molar-refractivity contribution in [3.8, 4) is 0 Å². The van der Waals surface area contributed by atoms with E-state index in [4.69, 9.17) is 4.74 Å². The summed E-state index contributed by atoms with van der Waals surface area (Å²) < 4.78 is 5.29. The van der Waals surface area contributed by atoms with Gasteiger partial charge in [-0.1, -0.05) is 50.1 Å². The molecule has 0 radical (unpaired) electrons. The molecule has 78 valence electrons. The fraction of sp³-hybridized carbons (Fsp3) is 0.500. The summed E-state index contributed by atoms with van der Waals surface area (Å²) >= 11 is 0. The zero-order valence-corrected chi connectivity index (χ0v) is 8.65. The van der Waals surface area contributed by atoms with Gasteiger partial charge in [0.25, 0.3) is 0 Å². The van der Waals surface area contributed by atoms with Gasteiger partial charge >= 0.3 is 0 Å². The maximum Gasteiger partial charge on any atom is 0.181 e. The number of rotatable bonds is 6. The number of unbranched alkanes of at least 4 members (excludes halogenated alkanes) is 2. The number of aliphatic hydroxyl groups is 1. The molecule has 0 aliphatic rings. The van der Waals surface area contributed by atoms with E-state index >= 15 is 0 Å². The normalized spacial score (nSPS) is 12.7. The molecule has 1 aromatic rings. The smallest absolute Gasteiger partial charge is 0.181 e. The number of ether oxygens (including phenoxy) is 1. The zero-order chi connectivity index (χ0) is 10.2. The van der Waals surface area contributed by atoms with E-state index in [9.17, 15) is 5.11 Å². The Morgan fingerprint density at radius 1 is 1.21 bits per heavy atom. The van der Waals surface area contributed by atoms with Gasteiger partial charge in [-0.25, -0.2) is 0 Å². The van der Waals surface area contributed by atoms with E-state index in [1.54, 1.807) is 0 Å². The molecule has 2 heteroatoms. The predicted molar refractivity (Wildman–Crippen MR) is 56.9 cm³/mol. The number of hydrogen-bond acceptors (Lipinski definition) is 2. The zero-order valence-electron chi connectivity index (χ0n) is 8.65. The summed E-state index contributed by atoms with van der Waals surface area (Å²) in [6, 6.07) is 9.45. The van der Waals surface area contributed by atoms with Crippen molar-refractivity contribution in [2.75, 3.05) is 6.61 Å². The maximum absolute atomic E-state index is 9.60. The van der Waals surface area contributed by atoms with Crippen LogP contribution in [-0.2, 0) is 4.74 Å². The van der Waals surface area contributed by atoms with Gasteiger partial charge < -0.3 is 9.84 Å². The molecule has 0 aliphatic heterocycles. The van der Waals surface area contributed by atoms with Gasteiger partial charge in [0.2, 0.25) is 0 Å². The van der Waals surface area contributed by atoms with Crippen LogP contribution in [0.25, 0.3) is 0 Å². The largest absolute Gasteiger partial charge is 0.364 e. The Kier molecular flexibility index (Phi) is 5.27. The Hall–Kier alpha value is -0.860. The molecule has 1 unspecified atom stereocenters. The topological polar surface area (TPSA) is 29.5 Å². The number of aliphatic hydroxyl groups excluding tert-OH is 1. The van der Waals surface area contributed by atoms with Crippen molar-refractivity contribution in [3.05, 3.63) is 35.9 Å². The van der Waals surface area contributed by atoms with Crippen LogP contribution in [0.4, 0.5) is 0 Å². The highest BCUT2D eigenvalue weighted by molar-refractivity contribution is 5.15. The second-order valence-electron chi connectivity index (χ2n) is 3.34. The molecule has 0 heterocycles. The maximum atomic E-state index is 9.60. The van der Waals surface area contributed by atoms with Crippen LogP contribution in [0.15, 0.2) is 30.3 Å². The van der Waals surface area contributed by atoms with Crippen LogP contribution in [-0.4, -0.2) is 11.7 Å². The van der Waals surface area contributed by atoms with Crippen LogP contribution in [0, 0.1) is 0 Å². The molecule has 0 amide bonds. The Balaban J connectivity index is 2.25. The van der Waals surface area contributed by atoms with Gasteiger partial charge in [-0.15, -0.1) is 0 Å². The van der Waals surface area contributed by atoms with E-state index in [0.29, 0.717) is 6.61 Å². The van der Waals surface area contributed by atoms with Gasteiger partial charge in [-0.05, 0) is 6.42 Å². The molecule has 0 saturated heterocycles. The lowest BCUT2D eigenvalue weighted by atomic mass is 10.2. The molecule has 1 rings (SSSR count). The van der Waals surface area contributed by atoms with Crippen molar-refractivity contribution in [2.24, 2.45) is 0 Å². The van der Waals surface area contributed by atoms with Gasteiger partial charge in [0, 0.05) is 5.56 Å². The second kappa shape index (κ2) is 6.57. The van der Waals surface area contributed by atoms with Crippen molar-refractivity contribution < 1.29 is 9.84 Å². The Labute approximate surface area is 85.5 Å². The minimum absolute atomic E-state index is 0.629. The highest BCUT2D eigenvalue weighted by atomic mass is 16.6. The molecule has 0 aliphatic carbocycles. The standard InChI is InChI=1S/C12H18O2/c1-2-3-7-10-14-12(13)11-8-5-4-6-9-11/h4-6,8-9,12-13H,2-3,7,10H2,1H3. The first-order chi connectivity index (χ1) is 6.84. The Morgan fingerprint density at radius 3 is 2.57 bits per heavy atom. The van der Waals surface area contributed by atoms with Gasteiger partial charge in [-0.2, -0.15) is 0 Å². The van der Waals surface area contributed by atoms with E-state index in [1.807, 2.05) is 30.3 Å². The number of benzene rings is 1. The summed E-state index contributed by atoms with van der Waals surface area (Å²) in [5, 5.41) is 9.60. The van der Waals surface area contributed by atoms with Crippen molar-refractivity contribution in [1.82, 2.24) is 0 Å². The highest BCUT2D eigenvalue weighted by Crippen LogP contribution is 2.13. The molecule has 1 N–H and O–H groups in total. The van der Waals surface area contributed by atoms with Crippen LogP contribution in [0.5, 0.6) is 0 Å². The van der Waals surface area contributed by atoms with Crippen molar-refractivity contribution in [3.63, 3.8) is 0 Å². The van der Waals surface area contributed by atoms with Gasteiger partial charge in [0.15, 0.2) is 6.29 Å². The molecule has 0 aromatic heterocycles. The quantitative estimate of drug-likeness (QED) is 0.557. The van der Waals surface area contributed by atoms with Crippen LogP contribution in [0.1, 0.15) is 38.0 Å². The molecule has 1 atom stereocenters. The first kappa shape index (κ1) is 11.2. The minimum atomic E-state index is -0.770. The first-order valence-corrected chi connectivity index (χ1v) is 5.19. The van der Waals surface area contributed by atoms with Crippen molar-refractivity contribution >= 4 is 0 Å². The minimum Gasteiger partial charge on any atom is -0.364 e. The van der Waals surface area contributed by atoms with E-state index < -0.39 is 6.29 Å². The molecule has 0 saturated carbocycles. The van der Waals surface area contributed by atoms with Crippen molar-refractivity contribution in [2.45, 2.75) is 32.5 Å². The van der Waals surface area contributed by atoms with Crippen LogP contribution in [0.2, 0.25) is 0 Å². The average molecular weight is 194 g/mol. The molecule has 14 heavy (non-hydrogen) atoms. The Morgan fingerprint density at radius 2 is 1.93 bits per heavy atom. The summed E-state index contributed by atoms with van der Waals surface area (Å²) in [5.41, 5.74) is 0.823. The molecular weight excluding hydrogens is 176 g/mol. The SMILES string of the molecule is CCCCCOC(O)c1ccccc1. The predicted octanol–water partition coefficient (Wildman–Crippen LogP) is 2.88. The molecule has 0 spiro atoms. The van der Waals surface area contributed by atoms with E-state index in [0.717, 1.165) is 18.4 Å². The molecule has 0 bridgehead atoms. The lowest BCUT2D eigenvalue weighted by molar-refractivity contribution is -0.103. The summed E-state index contributed by atoms with van der Waals surface area (Å²) in [4.78, 5) is 0. The van der Waals surface area contributed by atoms with E-state index in [-0.39, 0.29) is 0 Å². The fourth-order valence-electron chi connectivity index (χ4n) is 1.26. The lowest BCUT2D eigenvalue weighted by Gasteiger charge is -2.11. The van der Waals surface area contributed by atoms with Gasteiger partial charge in [0.05, 0.1) is 6.61 Å². The van der Waals surface area contributed by atoms with Gasteiger partial charge in [-0.3, -0.25) is 0 Å². The molecule has 1 aromatic carbocycles. The Bertz CT molecular complexity index is 233. The number of hydrogen-bond donors (Lipinski definition) is 1. The fourth-order valence-corrected chi connectivity index (χ4v) is 1.26. The lowest BCUT2D eigenvalue weighted by Crippen LogP contribution is -2.04. The highest BCUT2D eigenvalue weighted by Gasteiger charge is 2.05. The summed E-state index contributed by atoms with van der Waals surface area (Å²) in [5.74, 6) is 0. The van der Waals surface area contributed by atoms with Crippen LogP contribution < -0.4 is 0 Å². The molecule has 2 nitrogen and oxygen atoms in total. The summed E-state index contributed by atoms with van der Waals surface area (Å²) in [6.45, 7) is 2.78. The summed E-state index contributed by atoms with van der Waals surface area (Å²) in [7, 11) is 0. The third kappa shape index (κ3) is 3.90. The van der Waals surface area contributed by atoms with E-state index in [1.165, 1.54) is 6.42 Å². The van der Waals surface area contributed by atoms with Crippen LogP contribution >= 0.6 is 0 Å². The third-order valence-electron chi connectivity index (χ3n) is 2.11. The van der Waals surface area contributed by atoms with E-state index in [2.05, 4.69) is 6.92 Å². The first-order valence-electron chi connectivity index (χ1n) is 5.19. The summed E-state index contributed by atoms with van der Waals surface area (Å²) in [6.07, 6.45) is 2.57. The molecule has 0 fully saturated rings. The average Bonchev–Trinajstić information content (AvgIpc) is 2.25. The van der Waals surface area contributed by atoms with Crippen molar-refractivity contribution in [1.29, 1.82) is 0 Å². The monoisotopic (exact) mass is 194 g/mol. The van der Waals surface area contributed by atoms with Gasteiger partial charge in [0.1, 0.15) is 0 Å². The third-order valence-corrected chi connectivity index (χ3v) is 2.11.